The maximum absolute atomic E-state index is 9.10. The fourth-order valence-corrected chi connectivity index (χ4v) is 1.82. The van der Waals surface area contributed by atoms with Crippen molar-refractivity contribution in [2.75, 3.05) is 6.54 Å². The molecule has 0 aliphatic carbocycles. The number of rotatable bonds is 6. The first-order valence-corrected chi connectivity index (χ1v) is 6.52. The van der Waals surface area contributed by atoms with Gasteiger partial charge in [-0.05, 0) is 50.4 Å². The van der Waals surface area contributed by atoms with Crippen molar-refractivity contribution in [2.24, 2.45) is 0 Å². The van der Waals surface area contributed by atoms with E-state index in [2.05, 4.69) is 46.4 Å². The third kappa shape index (κ3) is 5.10. The van der Waals surface area contributed by atoms with Gasteiger partial charge in [-0.2, -0.15) is 0 Å². The highest BCUT2D eigenvalue weighted by Gasteiger charge is 1.98. The number of halogens is 1. The molecule has 0 aliphatic heterocycles. The van der Waals surface area contributed by atoms with E-state index in [9.17, 15) is 0 Å². The van der Waals surface area contributed by atoms with Crippen molar-refractivity contribution >= 4 is 15.9 Å². The molecule has 0 aliphatic rings. The minimum absolute atomic E-state index is 0.184. The minimum atomic E-state index is -0.184. The molecule has 0 radical (unpaired) electrons. The predicted molar refractivity (Wildman–Crippen MR) is 71.5 cm³/mol. The Kier molecular flexibility index (Phi) is 6.03. The molecule has 0 fully saturated rings. The Hall–Kier alpha value is -0.380. The first kappa shape index (κ1) is 13.7. The van der Waals surface area contributed by atoms with E-state index in [-0.39, 0.29) is 6.10 Å². The van der Waals surface area contributed by atoms with E-state index in [0.717, 1.165) is 30.4 Å². The fourth-order valence-electron chi connectivity index (χ4n) is 1.57. The Balaban J connectivity index is 2.24. The van der Waals surface area contributed by atoms with Crippen molar-refractivity contribution in [3.63, 3.8) is 0 Å². The van der Waals surface area contributed by atoms with Crippen molar-refractivity contribution in [3.8, 4) is 0 Å². The summed E-state index contributed by atoms with van der Waals surface area (Å²) in [5, 5.41) is 12.5. The number of aryl methyl sites for hydroxylation is 1. The largest absolute Gasteiger partial charge is 0.393 e. The van der Waals surface area contributed by atoms with Gasteiger partial charge in [0.25, 0.3) is 0 Å². The quantitative estimate of drug-likeness (QED) is 0.788. The fraction of sp³-hybridized carbons (Fsp3) is 0.538. The molecule has 0 aromatic heterocycles. The van der Waals surface area contributed by atoms with Gasteiger partial charge in [-0.3, -0.25) is 0 Å². The van der Waals surface area contributed by atoms with E-state index in [1.807, 2.05) is 6.92 Å². The second-order valence-electron chi connectivity index (χ2n) is 4.25. The SMILES string of the molecule is Cc1cc(CNCCCC(C)O)ccc1Br. The average Bonchev–Trinajstić information content (AvgIpc) is 2.22. The van der Waals surface area contributed by atoms with E-state index in [0.29, 0.717) is 0 Å². The Bertz CT molecular complexity index is 326. The van der Waals surface area contributed by atoms with Crippen LogP contribution < -0.4 is 5.32 Å². The third-order valence-electron chi connectivity index (χ3n) is 2.53. The predicted octanol–water partition coefficient (Wildman–Crippen LogP) is 3.01. The lowest BCUT2D eigenvalue weighted by molar-refractivity contribution is 0.181. The molecule has 3 heteroatoms. The number of aliphatic hydroxyl groups excluding tert-OH is 1. The van der Waals surface area contributed by atoms with Gasteiger partial charge in [-0.25, -0.2) is 0 Å². The van der Waals surface area contributed by atoms with Gasteiger partial charge in [0.1, 0.15) is 0 Å². The van der Waals surface area contributed by atoms with Crippen LogP contribution in [0, 0.1) is 6.92 Å². The summed E-state index contributed by atoms with van der Waals surface area (Å²) < 4.78 is 1.16. The van der Waals surface area contributed by atoms with Crippen LogP contribution in [-0.4, -0.2) is 17.8 Å². The highest BCUT2D eigenvalue weighted by molar-refractivity contribution is 9.10. The molecular weight excluding hydrogens is 266 g/mol. The zero-order valence-electron chi connectivity index (χ0n) is 9.96. The third-order valence-corrected chi connectivity index (χ3v) is 3.42. The maximum Gasteiger partial charge on any atom is 0.0512 e. The number of benzene rings is 1. The lowest BCUT2D eigenvalue weighted by atomic mass is 10.1. The number of hydrogen-bond donors (Lipinski definition) is 2. The van der Waals surface area contributed by atoms with E-state index in [1.165, 1.54) is 11.1 Å². The first-order chi connectivity index (χ1) is 7.59. The summed E-state index contributed by atoms with van der Waals surface area (Å²) >= 11 is 3.49. The molecule has 0 saturated heterocycles. The summed E-state index contributed by atoms with van der Waals surface area (Å²) in [7, 11) is 0. The normalized spacial score (nSPS) is 12.8. The van der Waals surface area contributed by atoms with Gasteiger partial charge in [0.15, 0.2) is 0 Å². The molecule has 90 valence electrons. The van der Waals surface area contributed by atoms with Gasteiger partial charge in [0.2, 0.25) is 0 Å². The van der Waals surface area contributed by atoms with Crippen LogP contribution in [0.3, 0.4) is 0 Å². The molecule has 1 unspecified atom stereocenters. The first-order valence-electron chi connectivity index (χ1n) is 5.73. The Morgan fingerprint density at radius 2 is 2.19 bits per heavy atom. The summed E-state index contributed by atoms with van der Waals surface area (Å²) in [5.41, 5.74) is 2.57. The van der Waals surface area contributed by atoms with Crippen molar-refractivity contribution < 1.29 is 5.11 Å². The lowest BCUT2D eigenvalue weighted by Gasteiger charge is -2.07. The van der Waals surface area contributed by atoms with E-state index in [1.54, 1.807) is 0 Å². The van der Waals surface area contributed by atoms with Crippen LogP contribution in [0.2, 0.25) is 0 Å². The molecule has 0 bridgehead atoms. The Morgan fingerprint density at radius 3 is 2.81 bits per heavy atom. The molecule has 0 amide bonds. The van der Waals surface area contributed by atoms with Crippen molar-refractivity contribution in [2.45, 2.75) is 39.3 Å². The van der Waals surface area contributed by atoms with E-state index >= 15 is 0 Å². The molecule has 1 aromatic rings. The number of aliphatic hydroxyl groups is 1. The van der Waals surface area contributed by atoms with Crippen LogP contribution in [0.15, 0.2) is 22.7 Å². The molecule has 1 rings (SSSR count). The number of hydrogen-bond acceptors (Lipinski definition) is 2. The van der Waals surface area contributed by atoms with Crippen LogP contribution in [0.25, 0.3) is 0 Å². The second-order valence-corrected chi connectivity index (χ2v) is 5.11. The molecule has 2 N–H and O–H groups in total. The molecule has 2 nitrogen and oxygen atoms in total. The molecular formula is C13H20BrNO. The second kappa shape index (κ2) is 7.05. The van der Waals surface area contributed by atoms with Crippen LogP contribution in [0.1, 0.15) is 30.9 Å². The molecule has 0 heterocycles. The molecule has 1 atom stereocenters. The smallest absolute Gasteiger partial charge is 0.0512 e. The topological polar surface area (TPSA) is 32.3 Å². The van der Waals surface area contributed by atoms with Crippen molar-refractivity contribution in [1.82, 2.24) is 5.32 Å². The van der Waals surface area contributed by atoms with Crippen molar-refractivity contribution in [3.05, 3.63) is 33.8 Å². The Labute approximate surface area is 106 Å². The van der Waals surface area contributed by atoms with Gasteiger partial charge in [0.05, 0.1) is 6.10 Å². The average molecular weight is 286 g/mol. The lowest BCUT2D eigenvalue weighted by Crippen LogP contribution is -2.16. The van der Waals surface area contributed by atoms with Crippen LogP contribution in [-0.2, 0) is 6.54 Å². The molecule has 0 saturated carbocycles. The number of nitrogens with one attached hydrogen (secondary N) is 1. The van der Waals surface area contributed by atoms with Crippen LogP contribution >= 0.6 is 15.9 Å². The van der Waals surface area contributed by atoms with Crippen LogP contribution in [0.5, 0.6) is 0 Å². The summed E-state index contributed by atoms with van der Waals surface area (Å²) in [6, 6.07) is 6.40. The minimum Gasteiger partial charge on any atom is -0.393 e. The summed E-state index contributed by atoms with van der Waals surface area (Å²) in [6.07, 6.45) is 1.70. The standard InChI is InChI=1S/C13H20BrNO/c1-10-8-12(5-6-13(10)14)9-15-7-3-4-11(2)16/h5-6,8,11,15-16H,3-4,7,9H2,1-2H3. The van der Waals surface area contributed by atoms with E-state index in [4.69, 9.17) is 5.11 Å². The van der Waals surface area contributed by atoms with Gasteiger partial charge in [-0.15, -0.1) is 0 Å². The van der Waals surface area contributed by atoms with Gasteiger partial charge >= 0.3 is 0 Å². The maximum atomic E-state index is 9.10. The molecule has 1 aromatic carbocycles. The molecule has 0 spiro atoms. The highest BCUT2D eigenvalue weighted by atomic mass is 79.9. The summed E-state index contributed by atoms with van der Waals surface area (Å²) in [6.45, 7) is 5.78. The monoisotopic (exact) mass is 285 g/mol. The van der Waals surface area contributed by atoms with Gasteiger partial charge in [-0.1, -0.05) is 28.1 Å². The van der Waals surface area contributed by atoms with E-state index < -0.39 is 0 Å². The van der Waals surface area contributed by atoms with Crippen molar-refractivity contribution in [1.29, 1.82) is 0 Å². The van der Waals surface area contributed by atoms with Gasteiger partial charge in [0, 0.05) is 11.0 Å². The highest BCUT2D eigenvalue weighted by Crippen LogP contribution is 2.16. The zero-order chi connectivity index (χ0) is 12.0. The van der Waals surface area contributed by atoms with Crippen LogP contribution in [0.4, 0.5) is 0 Å². The zero-order valence-corrected chi connectivity index (χ0v) is 11.5. The molecule has 16 heavy (non-hydrogen) atoms. The summed E-state index contributed by atoms with van der Waals surface area (Å²) in [5.74, 6) is 0. The summed E-state index contributed by atoms with van der Waals surface area (Å²) in [4.78, 5) is 0. The van der Waals surface area contributed by atoms with Gasteiger partial charge < -0.3 is 10.4 Å². The Morgan fingerprint density at radius 1 is 1.44 bits per heavy atom.